The van der Waals surface area contributed by atoms with Gasteiger partial charge in [0.05, 0.1) is 0 Å². The van der Waals surface area contributed by atoms with E-state index in [1.807, 2.05) is 0 Å². The van der Waals surface area contributed by atoms with Crippen LogP contribution in [0.15, 0.2) is 18.2 Å². The number of aliphatic hydroxyl groups is 1. The smallest absolute Gasteiger partial charge is 0.126 e. The van der Waals surface area contributed by atoms with Crippen molar-refractivity contribution in [3.63, 3.8) is 0 Å². The molecule has 0 spiro atoms. The van der Waals surface area contributed by atoms with Gasteiger partial charge in [0.25, 0.3) is 0 Å². The van der Waals surface area contributed by atoms with Gasteiger partial charge in [-0.1, -0.05) is 0 Å². The van der Waals surface area contributed by atoms with Gasteiger partial charge in [0.1, 0.15) is 11.6 Å². The van der Waals surface area contributed by atoms with Gasteiger partial charge in [-0.25, -0.2) is 8.78 Å². The molecule has 1 N–H and O–H groups in total. The maximum absolute atomic E-state index is 13.1. The standard InChI is InChI=1S/C10H10F2O/c11-7-1-2-10(12)9(4-7)8-3-6(8)5-13/h1-2,4,6,8,13H,3,5H2/t6-,8+/m0/s1. The van der Waals surface area contributed by atoms with Crippen molar-refractivity contribution >= 4 is 0 Å². The molecule has 0 radical (unpaired) electrons. The third-order valence-electron chi connectivity index (χ3n) is 2.51. The maximum atomic E-state index is 13.1. The SMILES string of the molecule is OC[C@@H]1C[C@H]1c1cc(F)ccc1F. The lowest BCUT2D eigenvalue weighted by Gasteiger charge is -2.01. The van der Waals surface area contributed by atoms with E-state index in [2.05, 4.69) is 0 Å². The summed E-state index contributed by atoms with van der Waals surface area (Å²) in [7, 11) is 0. The van der Waals surface area contributed by atoms with Crippen LogP contribution >= 0.6 is 0 Å². The van der Waals surface area contributed by atoms with Gasteiger partial charge in [0.15, 0.2) is 0 Å². The van der Waals surface area contributed by atoms with E-state index in [1.165, 1.54) is 6.07 Å². The number of hydrogen-bond acceptors (Lipinski definition) is 1. The van der Waals surface area contributed by atoms with Gasteiger partial charge >= 0.3 is 0 Å². The van der Waals surface area contributed by atoms with Crippen LogP contribution in [0.1, 0.15) is 17.9 Å². The van der Waals surface area contributed by atoms with Crippen LogP contribution in [-0.2, 0) is 0 Å². The van der Waals surface area contributed by atoms with Crippen LogP contribution in [0, 0.1) is 17.6 Å². The Morgan fingerprint density at radius 1 is 1.38 bits per heavy atom. The first-order chi connectivity index (χ1) is 6.22. The van der Waals surface area contributed by atoms with Crippen LogP contribution in [-0.4, -0.2) is 11.7 Å². The van der Waals surface area contributed by atoms with Crippen molar-refractivity contribution in [1.82, 2.24) is 0 Å². The molecule has 70 valence electrons. The summed E-state index contributed by atoms with van der Waals surface area (Å²) in [6, 6.07) is 3.46. The number of rotatable bonds is 2. The van der Waals surface area contributed by atoms with E-state index in [9.17, 15) is 8.78 Å². The third-order valence-corrected chi connectivity index (χ3v) is 2.51. The summed E-state index contributed by atoms with van der Waals surface area (Å²) in [5.74, 6) is -0.653. The highest BCUT2D eigenvalue weighted by molar-refractivity contribution is 5.28. The molecule has 1 aromatic rings. The highest BCUT2D eigenvalue weighted by atomic mass is 19.1. The summed E-state index contributed by atoms with van der Waals surface area (Å²) in [5, 5.41) is 8.78. The third kappa shape index (κ3) is 1.56. The molecule has 3 heteroatoms. The van der Waals surface area contributed by atoms with Gasteiger partial charge in [0, 0.05) is 6.61 Å². The van der Waals surface area contributed by atoms with Crippen molar-refractivity contribution in [2.45, 2.75) is 12.3 Å². The Morgan fingerprint density at radius 2 is 2.15 bits per heavy atom. The molecule has 1 fully saturated rings. The van der Waals surface area contributed by atoms with E-state index in [4.69, 9.17) is 5.11 Å². The Balaban J connectivity index is 2.25. The summed E-state index contributed by atoms with van der Waals surface area (Å²) in [5.41, 5.74) is 0.402. The average molecular weight is 184 g/mol. The first-order valence-electron chi connectivity index (χ1n) is 4.28. The summed E-state index contributed by atoms with van der Waals surface area (Å²) < 4.78 is 25.9. The van der Waals surface area contributed by atoms with E-state index in [-0.39, 0.29) is 24.3 Å². The molecule has 13 heavy (non-hydrogen) atoms. The average Bonchev–Trinajstić information content (AvgIpc) is 2.88. The van der Waals surface area contributed by atoms with E-state index < -0.39 is 5.82 Å². The largest absolute Gasteiger partial charge is 0.396 e. The molecule has 1 saturated carbocycles. The molecule has 2 rings (SSSR count). The highest BCUT2D eigenvalue weighted by Gasteiger charge is 2.39. The van der Waals surface area contributed by atoms with Gasteiger partial charge in [0.2, 0.25) is 0 Å². The fourth-order valence-corrected chi connectivity index (χ4v) is 1.63. The first kappa shape index (κ1) is 8.63. The monoisotopic (exact) mass is 184 g/mol. The molecule has 0 amide bonds. The maximum Gasteiger partial charge on any atom is 0.126 e. The van der Waals surface area contributed by atoms with Crippen molar-refractivity contribution in [1.29, 1.82) is 0 Å². The molecule has 0 aliphatic heterocycles. The van der Waals surface area contributed by atoms with Crippen molar-refractivity contribution in [3.8, 4) is 0 Å². The zero-order chi connectivity index (χ0) is 9.42. The molecular weight excluding hydrogens is 174 g/mol. The predicted octanol–water partition coefficient (Wildman–Crippen LogP) is 2.06. The zero-order valence-corrected chi connectivity index (χ0v) is 7.00. The second kappa shape index (κ2) is 3.07. The lowest BCUT2D eigenvalue weighted by atomic mass is 10.1. The van der Waals surface area contributed by atoms with Gasteiger partial charge < -0.3 is 5.11 Å². The van der Waals surface area contributed by atoms with E-state index in [1.54, 1.807) is 0 Å². The summed E-state index contributed by atoms with van der Waals surface area (Å²) in [4.78, 5) is 0. The van der Waals surface area contributed by atoms with Crippen molar-refractivity contribution in [2.24, 2.45) is 5.92 Å². The molecule has 0 saturated heterocycles. The van der Waals surface area contributed by atoms with Gasteiger partial charge in [-0.2, -0.15) is 0 Å². The molecular formula is C10H10F2O. The topological polar surface area (TPSA) is 20.2 Å². The highest BCUT2D eigenvalue weighted by Crippen LogP contribution is 2.47. The van der Waals surface area contributed by atoms with Gasteiger partial charge in [-0.05, 0) is 42.0 Å². The van der Waals surface area contributed by atoms with Crippen LogP contribution in [0.5, 0.6) is 0 Å². The number of hydrogen-bond donors (Lipinski definition) is 1. The minimum absolute atomic E-state index is 0.0145. The summed E-state index contributed by atoms with van der Waals surface area (Å²) in [6.07, 6.45) is 0.761. The van der Waals surface area contributed by atoms with Gasteiger partial charge in [-0.15, -0.1) is 0 Å². The molecule has 1 aliphatic rings. The number of benzene rings is 1. The van der Waals surface area contributed by atoms with Crippen LogP contribution in [0.25, 0.3) is 0 Å². The summed E-state index contributed by atoms with van der Waals surface area (Å²) in [6.45, 7) is 0.0562. The minimum atomic E-state index is -0.417. The Hall–Kier alpha value is -0.960. The molecule has 1 nitrogen and oxygen atoms in total. The predicted molar refractivity (Wildman–Crippen MR) is 44.3 cm³/mol. The van der Waals surface area contributed by atoms with E-state index >= 15 is 0 Å². The lowest BCUT2D eigenvalue weighted by Crippen LogP contribution is -1.93. The Kier molecular flexibility index (Phi) is 2.04. The number of aliphatic hydroxyl groups excluding tert-OH is 1. The molecule has 1 aromatic carbocycles. The Bertz CT molecular complexity index is 325. The molecule has 0 heterocycles. The zero-order valence-electron chi connectivity index (χ0n) is 7.00. The fourth-order valence-electron chi connectivity index (χ4n) is 1.63. The van der Waals surface area contributed by atoms with Crippen molar-refractivity contribution in [3.05, 3.63) is 35.4 Å². The van der Waals surface area contributed by atoms with Crippen molar-refractivity contribution < 1.29 is 13.9 Å². The Morgan fingerprint density at radius 3 is 2.77 bits per heavy atom. The molecule has 1 aliphatic carbocycles. The van der Waals surface area contributed by atoms with Crippen LogP contribution in [0.2, 0.25) is 0 Å². The van der Waals surface area contributed by atoms with E-state index in [0.29, 0.717) is 5.56 Å². The first-order valence-corrected chi connectivity index (χ1v) is 4.28. The van der Waals surface area contributed by atoms with Crippen LogP contribution in [0.3, 0.4) is 0 Å². The number of halogens is 2. The second-order valence-electron chi connectivity index (χ2n) is 3.45. The molecule has 2 atom stereocenters. The second-order valence-corrected chi connectivity index (χ2v) is 3.45. The normalized spacial score (nSPS) is 26.1. The fraction of sp³-hybridized carbons (Fsp3) is 0.400. The minimum Gasteiger partial charge on any atom is -0.396 e. The molecule has 0 unspecified atom stereocenters. The lowest BCUT2D eigenvalue weighted by molar-refractivity contribution is 0.273. The Labute approximate surface area is 75.0 Å². The van der Waals surface area contributed by atoms with Gasteiger partial charge in [-0.3, -0.25) is 0 Å². The van der Waals surface area contributed by atoms with Crippen molar-refractivity contribution in [2.75, 3.05) is 6.61 Å². The quantitative estimate of drug-likeness (QED) is 0.745. The molecule has 0 aromatic heterocycles. The summed E-state index contributed by atoms with van der Waals surface area (Å²) >= 11 is 0. The van der Waals surface area contributed by atoms with Crippen LogP contribution < -0.4 is 0 Å². The van der Waals surface area contributed by atoms with E-state index in [0.717, 1.165) is 18.6 Å². The molecule has 0 bridgehead atoms. The van der Waals surface area contributed by atoms with Crippen LogP contribution in [0.4, 0.5) is 8.78 Å².